The molecule has 2 aliphatic rings. The maximum atomic E-state index is 14.0. The molecule has 0 radical (unpaired) electrons. The van der Waals surface area contributed by atoms with Crippen molar-refractivity contribution in [2.24, 2.45) is 12.5 Å². The number of amides is 1. The minimum absolute atomic E-state index is 0.0230. The number of carbonyl (C=O) groups is 1. The number of nitrogens with two attached hydrogens (primary N) is 1. The van der Waals surface area contributed by atoms with Gasteiger partial charge in [0, 0.05) is 32.2 Å². The van der Waals surface area contributed by atoms with Gasteiger partial charge in [0.15, 0.2) is 5.82 Å². The van der Waals surface area contributed by atoms with E-state index in [1.54, 1.807) is 23.0 Å². The van der Waals surface area contributed by atoms with Gasteiger partial charge in [0.25, 0.3) is 5.91 Å². The van der Waals surface area contributed by atoms with Crippen LogP contribution in [0.3, 0.4) is 0 Å². The molecule has 1 saturated heterocycles. The topological polar surface area (TPSA) is 114 Å². The molecule has 224 valence electrons. The number of rotatable bonds is 8. The fourth-order valence-corrected chi connectivity index (χ4v) is 5.87. The molecule has 1 aliphatic heterocycles. The lowest BCUT2D eigenvalue weighted by Gasteiger charge is -2.20. The first kappa shape index (κ1) is 28.7. The molecule has 2 fully saturated rings. The highest BCUT2D eigenvalue weighted by Crippen LogP contribution is 2.53. The van der Waals surface area contributed by atoms with Gasteiger partial charge in [0.1, 0.15) is 17.8 Å². The SMILES string of the molecule is CCNc1cc(-c2ccccc2-c2nncn2C)cc(C(=O)Nc2cc(CN3CCC4(CC4)C3)cc(C(F)(F)F)c2N)n1. The molecular weight excluding hydrogens is 557 g/mol. The Hall–Kier alpha value is -4.45. The second-order valence-corrected chi connectivity index (χ2v) is 11.5. The van der Waals surface area contributed by atoms with Crippen molar-refractivity contribution in [2.45, 2.75) is 38.9 Å². The summed E-state index contributed by atoms with van der Waals surface area (Å²) < 4.78 is 43.9. The van der Waals surface area contributed by atoms with Crippen LogP contribution in [0.1, 0.15) is 47.8 Å². The first-order chi connectivity index (χ1) is 20.5. The maximum absolute atomic E-state index is 14.0. The number of hydrogen-bond donors (Lipinski definition) is 3. The van der Waals surface area contributed by atoms with Crippen LogP contribution in [0.5, 0.6) is 0 Å². The monoisotopic (exact) mass is 590 g/mol. The van der Waals surface area contributed by atoms with Gasteiger partial charge < -0.3 is 20.9 Å². The summed E-state index contributed by atoms with van der Waals surface area (Å²) in [5.74, 6) is 0.407. The molecule has 2 aromatic carbocycles. The van der Waals surface area contributed by atoms with Gasteiger partial charge in [0.05, 0.1) is 16.9 Å². The number of carbonyl (C=O) groups excluding carboxylic acids is 1. The lowest BCUT2D eigenvalue weighted by Crippen LogP contribution is -2.22. The fourth-order valence-electron chi connectivity index (χ4n) is 5.87. The zero-order valence-corrected chi connectivity index (χ0v) is 24.0. The summed E-state index contributed by atoms with van der Waals surface area (Å²) >= 11 is 0. The number of alkyl halides is 3. The van der Waals surface area contributed by atoms with Gasteiger partial charge in [-0.3, -0.25) is 9.69 Å². The van der Waals surface area contributed by atoms with Crippen LogP contribution in [0.25, 0.3) is 22.5 Å². The Morgan fingerprint density at radius 3 is 2.51 bits per heavy atom. The Balaban J connectivity index is 1.35. The van der Waals surface area contributed by atoms with Crippen LogP contribution in [-0.4, -0.2) is 50.2 Å². The Bertz CT molecular complexity index is 1680. The van der Waals surface area contributed by atoms with E-state index >= 15 is 0 Å². The lowest BCUT2D eigenvalue weighted by molar-refractivity contribution is -0.136. The number of aromatic nitrogens is 4. The van der Waals surface area contributed by atoms with Crippen LogP contribution in [0.4, 0.5) is 30.4 Å². The van der Waals surface area contributed by atoms with E-state index in [1.165, 1.54) is 12.8 Å². The van der Waals surface area contributed by atoms with Crippen molar-refractivity contribution in [3.05, 3.63) is 71.7 Å². The summed E-state index contributed by atoms with van der Waals surface area (Å²) in [5.41, 5.74) is 7.50. The molecule has 1 amide bonds. The Kier molecular flexibility index (Phi) is 7.33. The van der Waals surface area contributed by atoms with Crippen LogP contribution in [-0.2, 0) is 19.8 Å². The van der Waals surface area contributed by atoms with E-state index in [2.05, 4.69) is 30.7 Å². The average molecular weight is 591 g/mol. The van der Waals surface area contributed by atoms with E-state index in [0.29, 0.717) is 41.3 Å². The van der Waals surface area contributed by atoms with Crippen molar-refractivity contribution in [3.8, 4) is 22.5 Å². The number of halogens is 3. The van der Waals surface area contributed by atoms with E-state index in [0.717, 1.165) is 36.7 Å². The van der Waals surface area contributed by atoms with Crippen molar-refractivity contribution < 1.29 is 18.0 Å². The first-order valence-electron chi connectivity index (χ1n) is 14.3. The van der Waals surface area contributed by atoms with Crippen molar-refractivity contribution in [2.75, 3.05) is 36.0 Å². The molecule has 43 heavy (non-hydrogen) atoms. The lowest BCUT2D eigenvalue weighted by atomic mass is 9.98. The van der Waals surface area contributed by atoms with E-state index in [1.807, 2.05) is 44.3 Å². The van der Waals surface area contributed by atoms with Gasteiger partial charge in [-0.05, 0) is 79.1 Å². The van der Waals surface area contributed by atoms with Gasteiger partial charge in [0.2, 0.25) is 0 Å². The third kappa shape index (κ3) is 5.92. The van der Waals surface area contributed by atoms with Crippen LogP contribution in [0.15, 0.2) is 54.9 Å². The maximum Gasteiger partial charge on any atom is 0.418 e. The minimum atomic E-state index is -4.68. The number of nitrogens with zero attached hydrogens (tertiary/aromatic N) is 5. The zero-order valence-electron chi connectivity index (χ0n) is 24.0. The quantitative estimate of drug-likeness (QED) is 0.222. The number of aryl methyl sites for hydroxylation is 1. The molecular formula is C31H33F3N8O. The molecule has 1 spiro atoms. The van der Waals surface area contributed by atoms with Crippen LogP contribution in [0.2, 0.25) is 0 Å². The fraction of sp³-hybridized carbons (Fsp3) is 0.355. The third-order valence-corrected chi connectivity index (χ3v) is 8.28. The highest BCUT2D eigenvalue weighted by atomic mass is 19.4. The number of nitrogen functional groups attached to an aromatic ring is 1. The number of likely N-dealkylation sites (tertiary alicyclic amines) is 1. The summed E-state index contributed by atoms with van der Waals surface area (Å²) in [7, 11) is 1.84. The van der Waals surface area contributed by atoms with E-state index in [-0.39, 0.29) is 11.4 Å². The highest BCUT2D eigenvalue weighted by molar-refractivity contribution is 6.06. The predicted molar refractivity (Wildman–Crippen MR) is 159 cm³/mol. The Labute approximate surface area is 247 Å². The molecule has 1 saturated carbocycles. The summed E-state index contributed by atoms with van der Waals surface area (Å²) in [6.45, 7) is 4.51. The number of pyridine rings is 1. The van der Waals surface area contributed by atoms with Crippen molar-refractivity contribution in [1.29, 1.82) is 0 Å². The van der Waals surface area contributed by atoms with Gasteiger partial charge in [-0.15, -0.1) is 10.2 Å². The molecule has 12 heteroatoms. The zero-order chi connectivity index (χ0) is 30.4. The largest absolute Gasteiger partial charge is 0.418 e. The first-order valence-corrected chi connectivity index (χ1v) is 14.3. The standard InChI is InChI=1S/C31H33F3N8O/c1-3-36-26-15-20(21-6-4-5-7-22(21)28-40-37-18-41(28)2)14-25(38-26)29(43)39-24-13-19(12-23(27(24)35)31(32,33)34)16-42-11-10-30(17-42)8-9-30/h4-7,12-15,18H,3,8-11,16-17,35H2,1-2H3,(H,36,38)(H,39,43). The normalized spacial score (nSPS) is 16.0. The third-order valence-electron chi connectivity index (χ3n) is 8.28. The molecule has 0 bridgehead atoms. The molecule has 9 nitrogen and oxygen atoms in total. The molecule has 4 aromatic rings. The molecule has 0 unspecified atom stereocenters. The van der Waals surface area contributed by atoms with Crippen molar-refractivity contribution in [1.82, 2.24) is 24.6 Å². The number of hydrogen-bond acceptors (Lipinski definition) is 7. The number of nitrogens with one attached hydrogen (secondary N) is 2. The molecule has 2 aromatic heterocycles. The average Bonchev–Trinajstić information content (AvgIpc) is 3.40. The van der Waals surface area contributed by atoms with Crippen LogP contribution in [0, 0.1) is 5.41 Å². The van der Waals surface area contributed by atoms with Crippen LogP contribution >= 0.6 is 0 Å². The van der Waals surface area contributed by atoms with Gasteiger partial charge in [-0.25, -0.2) is 4.98 Å². The molecule has 4 N–H and O–H groups in total. The highest BCUT2D eigenvalue weighted by Gasteiger charge is 2.47. The summed E-state index contributed by atoms with van der Waals surface area (Å²) in [4.78, 5) is 20.2. The molecule has 6 rings (SSSR count). The minimum Gasteiger partial charge on any atom is -0.397 e. The van der Waals surface area contributed by atoms with Gasteiger partial charge in [-0.1, -0.05) is 24.3 Å². The summed E-state index contributed by atoms with van der Waals surface area (Å²) in [6, 6.07) is 13.6. The summed E-state index contributed by atoms with van der Waals surface area (Å²) in [5, 5.41) is 14.0. The Morgan fingerprint density at radius 2 is 1.86 bits per heavy atom. The smallest absolute Gasteiger partial charge is 0.397 e. The molecule has 3 heterocycles. The predicted octanol–water partition coefficient (Wildman–Crippen LogP) is 5.82. The summed E-state index contributed by atoms with van der Waals surface area (Å²) in [6.07, 6.45) is 0.327. The van der Waals surface area contributed by atoms with E-state index in [9.17, 15) is 18.0 Å². The van der Waals surface area contributed by atoms with Crippen LogP contribution < -0.4 is 16.4 Å². The van der Waals surface area contributed by atoms with Gasteiger partial charge in [-0.2, -0.15) is 13.2 Å². The molecule has 0 atom stereocenters. The van der Waals surface area contributed by atoms with Gasteiger partial charge >= 0.3 is 6.18 Å². The van der Waals surface area contributed by atoms with E-state index in [4.69, 9.17) is 5.73 Å². The second kappa shape index (κ2) is 11.0. The Morgan fingerprint density at radius 1 is 1.09 bits per heavy atom. The van der Waals surface area contributed by atoms with Crippen molar-refractivity contribution in [3.63, 3.8) is 0 Å². The van der Waals surface area contributed by atoms with Crippen molar-refractivity contribution >= 4 is 23.1 Å². The molecule has 1 aliphatic carbocycles. The number of anilines is 3. The second-order valence-electron chi connectivity index (χ2n) is 11.5. The number of benzene rings is 2. The van der Waals surface area contributed by atoms with E-state index < -0.39 is 23.3 Å².